The van der Waals surface area contributed by atoms with E-state index in [1.54, 1.807) is 20.4 Å². The van der Waals surface area contributed by atoms with Crippen LogP contribution in [0, 0.1) is 0 Å². The molecule has 106 valence electrons. The van der Waals surface area contributed by atoms with E-state index >= 15 is 0 Å². The van der Waals surface area contributed by atoms with E-state index in [0.29, 0.717) is 29.5 Å². The number of pyridine rings is 1. The first-order valence-electron chi connectivity index (χ1n) is 6.00. The number of anilines is 2. The molecule has 5 nitrogen and oxygen atoms in total. The first-order chi connectivity index (χ1) is 9.63. The Morgan fingerprint density at radius 1 is 1.20 bits per heavy atom. The minimum absolute atomic E-state index is 0.596. The van der Waals surface area contributed by atoms with E-state index in [4.69, 9.17) is 15.2 Å². The second-order valence-corrected chi connectivity index (χ2v) is 5.05. The minimum atomic E-state index is 0.596. The highest BCUT2D eigenvalue weighted by atomic mass is 79.9. The Hall–Kier alpha value is -1.95. The van der Waals surface area contributed by atoms with Crippen molar-refractivity contribution in [2.45, 2.75) is 6.54 Å². The number of nitrogen functional groups attached to an aromatic ring is 1. The third-order valence-electron chi connectivity index (χ3n) is 2.79. The number of nitrogens with zero attached hydrogens (tertiary/aromatic N) is 1. The van der Waals surface area contributed by atoms with E-state index in [2.05, 4.69) is 26.2 Å². The topological polar surface area (TPSA) is 69.4 Å². The number of ether oxygens (including phenoxy) is 2. The van der Waals surface area contributed by atoms with Gasteiger partial charge in [0.2, 0.25) is 0 Å². The number of aromatic nitrogens is 1. The van der Waals surface area contributed by atoms with E-state index in [9.17, 15) is 0 Å². The Morgan fingerprint density at radius 2 is 1.95 bits per heavy atom. The van der Waals surface area contributed by atoms with Crippen LogP contribution in [0.1, 0.15) is 5.56 Å². The summed E-state index contributed by atoms with van der Waals surface area (Å²) in [6, 6.07) is 7.56. The van der Waals surface area contributed by atoms with Crippen molar-refractivity contribution < 1.29 is 9.47 Å². The first-order valence-corrected chi connectivity index (χ1v) is 6.79. The molecule has 1 aromatic heterocycles. The monoisotopic (exact) mass is 337 g/mol. The molecule has 0 saturated heterocycles. The summed E-state index contributed by atoms with van der Waals surface area (Å²) in [6.45, 7) is 0.596. The molecule has 1 aromatic carbocycles. The highest BCUT2D eigenvalue weighted by molar-refractivity contribution is 9.10. The summed E-state index contributed by atoms with van der Waals surface area (Å²) in [4.78, 5) is 4.23. The number of hydrogen-bond donors (Lipinski definition) is 2. The van der Waals surface area contributed by atoms with Crippen molar-refractivity contribution in [3.63, 3.8) is 0 Å². The molecule has 0 aliphatic heterocycles. The quantitative estimate of drug-likeness (QED) is 0.877. The molecular formula is C14H16BrN3O2. The third-order valence-corrected chi connectivity index (χ3v) is 3.23. The van der Waals surface area contributed by atoms with Crippen LogP contribution in [0.4, 0.5) is 11.5 Å². The van der Waals surface area contributed by atoms with E-state index < -0.39 is 0 Å². The van der Waals surface area contributed by atoms with Gasteiger partial charge in [-0.25, -0.2) is 4.98 Å². The molecule has 0 unspecified atom stereocenters. The predicted octanol–water partition coefficient (Wildman–Crippen LogP) is 3.06. The van der Waals surface area contributed by atoms with Gasteiger partial charge in [-0.05, 0) is 39.7 Å². The van der Waals surface area contributed by atoms with Crippen LogP contribution in [0.3, 0.4) is 0 Å². The maximum atomic E-state index is 5.89. The summed E-state index contributed by atoms with van der Waals surface area (Å²) in [5.41, 5.74) is 7.53. The average molecular weight is 338 g/mol. The van der Waals surface area contributed by atoms with Gasteiger partial charge in [0.25, 0.3) is 0 Å². The second kappa shape index (κ2) is 6.47. The molecular weight excluding hydrogens is 322 g/mol. The van der Waals surface area contributed by atoms with Crippen LogP contribution in [-0.4, -0.2) is 19.2 Å². The zero-order valence-corrected chi connectivity index (χ0v) is 12.9. The zero-order valence-electron chi connectivity index (χ0n) is 11.3. The summed E-state index contributed by atoms with van der Waals surface area (Å²) >= 11 is 3.33. The van der Waals surface area contributed by atoms with Gasteiger partial charge in [0.1, 0.15) is 5.82 Å². The fourth-order valence-electron chi connectivity index (χ4n) is 1.78. The molecule has 0 radical (unpaired) electrons. The van der Waals surface area contributed by atoms with Crippen LogP contribution >= 0.6 is 15.9 Å². The summed E-state index contributed by atoms with van der Waals surface area (Å²) in [5.74, 6) is 2.06. The lowest BCUT2D eigenvalue weighted by Crippen LogP contribution is -2.05. The molecule has 1 heterocycles. The largest absolute Gasteiger partial charge is 0.493 e. The van der Waals surface area contributed by atoms with Gasteiger partial charge in [0, 0.05) is 17.2 Å². The van der Waals surface area contributed by atoms with Crippen LogP contribution in [0.25, 0.3) is 0 Å². The van der Waals surface area contributed by atoms with Crippen molar-refractivity contribution in [3.8, 4) is 11.5 Å². The third kappa shape index (κ3) is 3.33. The number of hydrogen-bond acceptors (Lipinski definition) is 5. The van der Waals surface area contributed by atoms with E-state index in [1.165, 1.54) is 0 Å². The number of nitrogens with one attached hydrogen (secondary N) is 1. The second-order valence-electron chi connectivity index (χ2n) is 4.13. The van der Waals surface area contributed by atoms with Gasteiger partial charge in [-0.3, -0.25) is 0 Å². The number of methoxy groups -OCH3 is 2. The molecule has 0 aliphatic carbocycles. The molecule has 2 rings (SSSR count). The zero-order chi connectivity index (χ0) is 14.5. The highest BCUT2D eigenvalue weighted by Gasteiger charge is 2.06. The SMILES string of the molecule is COc1ccc(CNc2ncc(Br)cc2N)cc1OC. The number of benzene rings is 1. The molecule has 6 heteroatoms. The van der Waals surface area contributed by atoms with Gasteiger partial charge in [-0.1, -0.05) is 6.07 Å². The Bertz CT molecular complexity index is 605. The van der Waals surface area contributed by atoms with Gasteiger partial charge < -0.3 is 20.5 Å². The smallest absolute Gasteiger partial charge is 0.161 e. The molecule has 0 bridgehead atoms. The Kier molecular flexibility index (Phi) is 4.68. The van der Waals surface area contributed by atoms with Gasteiger partial charge >= 0.3 is 0 Å². The molecule has 0 aliphatic rings. The van der Waals surface area contributed by atoms with Gasteiger partial charge in [0.05, 0.1) is 19.9 Å². The fraction of sp³-hybridized carbons (Fsp3) is 0.214. The molecule has 2 aromatic rings. The van der Waals surface area contributed by atoms with Gasteiger partial charge in [0.15, 0.2) is 11.5 Å². The Morgan fingerprint density at radius 3 is 2.60 bits per heavy atom. The van der Waals surface area contributed by atoms with Crippen LogP contribution in [0.5, 0.6) is 11.5 Å². The maximum absolute atomic E-state index is 5.89. The Labute approximate surface area is 126 Å². The fourth-order valence-corrected chi connectivity index (χ4v) is 2.13. The number of rotatable bonds is 5. The summed E-state index contributed by atoms with van der Waals surface area (Å²) in [7, 11) is 3.23. The van der Waals surface area contributed by atoms with Crippen molar-refractivity contribution in [1.29, 1.82) is 0 Å². The van der Waals surface area contributed by atoms with Crippen molar-refractivity contribution in [1.82, 2.24) is 4.98 Å². The van der Waals surface area contributed by atoms with Crippen LogP contribution in [-0.2, 0) is 6.54 Å². The summed E-state index contributed by atoms with van der Waals surface area (Å²) in [5, 5.41) is 3.19. The normalized spacial score (nSPS) is 10.2. The molecule has 0 amide bonds. The van der Waals surface area contributed by atoms with E-state index in [1.807, 2.05) is 24.3 Å². The predicted molar refractivity (Wildman–Crippen MR) is 83.2 cm³/mol. The maximum Gasteiger partial charge on any atom is 0.161 e. The summed E-state index contributed by atoms with van der Waals surface area (Å²) < 4.78 is 11.3. The minimum Gasteiger partial charge on any atom is -0.493 e. The number of halogens is 1. The van der Waals surface area contributed by atoms with Crippen LogP contribution < -0.4 is 20.5 Å². The van der Waals surface area contributed by atoms with Crippen LogP contribution in [0.2, 0.25) is 0 Å². The molecule has 0 fully saturated rings. The molecule has 3 N–H and O–H groups in total. The van der Waals surface area contributed by atoms with Crippen molar-refractivity contribution in [3.05, 3.63) is 40.5 Å². The van der Waals surface area contributed by atoms with E-state index in [-0.39, 0.29) is 0 Å². The van der Waals surface area contributed by atoms with Crippen molar-refractivity contribution >= 4 is 27.4 Å². The average Bonchev–Trinajstić information content (AvgIpc) is 2.46. The summed E-state index contributed by atoms with van der Waals surface area (Å²) in [6.07, 6.45) is 1.70. The van der Waals surface area contributed by atoms with Gasteiger partial charge in [-0.2, -0.15) is 0 Å². The molecule has 0 atom stereocenters. The molecule has 0 saturated carbocycles. The van der Waals surface area contributed by atoms with Gasteiger partial charge in [-0.15, -0.1) is 0 Å². The lowest BCUT2D eigenvalue weighted by atomic mass is 10.2. The van der Waals surface area contributed by atoms with Crippen molar-refractivity contribution in [2.24, 2.45) is 0 Å². The molecule has 20 heavy (non-hydrogen) atoms. The lowest BCUT2D eigenvalue weighted by Gasteiger charge is -2.11. The standard InChI is InChI=1S/C14H16BrN3O2/c1-19-12-4-3-9(5-13(12)20-2)7-17-14-11(16)6-10(15)8-18-14/h3-6,8H,7,16H2,1-2H3,(H,17,18). The highest BCUT2D eigenvalue weighted by Crippen LogP contribution is 2.28. The first kappa shape index (κ1) is 14.5. The number of nitrogens with two attached hydrogens (primary N) is 1. The van der Waals surface area contributed by atoms with Crippen LogP contribution in [0.15, 0.2) is 34.9 Å². The molecule has 0 spiro atoms. The van der Waals surface area contributed by atoms with E-state index in [0.717, 1.165) is 10.0 Å². The Balaban J connectivity index is 2.10. The lowest BCUT2D eigenvalue weighted by molar-refractivity contribution is 0.354. The van der Waals surface area contributed by atoms with Crippen molar-refractivity contribution in [2.75, 3.05) is 25.3 Å².